The highest BCUT2D eigenvalue weighted by molar-refractivity contribution is 5.95. The molecule has 6 heteroatoms. The highest BCUT2D eigenvalue weighted by atomic mass is 15.0. The molecule has 0 aromatic carbocycles. The van der Waals surface area contributed by atoms with Crippen molar-refractivity contribution in [3.63, 3.8) is 0 Å². The van der Waals surface area contributed by atoms with E-state index in [2.05, 4.69) is 71.4 Å². The van der Waals surface area contributed by atoms with Gasteiger partial charge in [0, 0.05) is 34.9 Å². The highest BCUT2D eigenvalue weighted by Crippen LogP contribution is 2.38. The van der Waals surface area contributed by atoms with Crippen LogP contribution in [0.15, 0.2) is 24.7 Å². The van der Waals surface area contributed by atoms with Gasteiger partial charge in [0.15, 0.2) is 0 Å². The molecular formula is C26H38N6. The van der Waals surface area contributed by atoms with Gasteiger partial charge in [0.25, 0.3) is 0 Å². The van der Waals surface area contributed by atoms with Gasteiger partial charge in [-0.3, -0.25) is 0 Å². The van der Waals surface area contributed by atoms with Gasteiger partial charge in [-0.15, -0.1) is 0 Å². The maximum absolute atomic E-state index is 4.76. The van der Waals surface area contributed by atoms with Crippen LogP contribution in [-0.4, -0.2) is 52.0 Å². The molecule has 3 aromatic rings. The standard InChI is InChI=1S/C21H25N5.C5H13N/c1-13-20(18(25-12-24-13)10-15-4-5-15)17-11-23-21-16(17)6-7-19(26-21)22-9-8-14-2-3-14;1-4-5-6(2)3/h6-7,11-12,14-15H,2-5,8-10H2,1H3,(H2,22,23,26);4-5H2,1-3H3. The van der Waals surface area contributed by atoms with Crippen molar-refractivity contribution in [2.75, 3.05) is 32.5 Å². The van der Waals surface area contributed by atoms with Crippen LogP contribution in [0.25, 0.3) is 22.2 Å². The first kappa shape index (κ1) is 22.7. The van der Waals surface area contributed by atoms with E-state index in [1.54, 1.807) is 6.33 Å². The summed E-state index contributed by atoms with van der Waals surface area (Å²) >= 11 is 0. The van der Waals surface area contributed by atoms with Crippen LogP contribution in [0.2, 0.25) is 0 Å². The zero-order valence-corrected chi connectivity index (χ0v) is 20.1. The normalized spacial score (nSPS) is 15.7. The van der Waals surface area contributed by atoms with Gasteiger partial charge in [-0.1, -0.05) is 19.8 Å². The molecule has 0 bridgehead atoms. The van der Waals surface area contributed by atoms with Crippen LogP contribution in [-0.2, 0) is 6.42 Å². The summed E-state index contributed by atoms with van der Waals surface area (Å²) in [6.45, 7) is 6.47. The number of nitrogens with one attached hydrogen (secondary N) is 2. The predicted molar refractivity (Wildman–Crippen MR) is 133 cm³/mol. The van der Waals surface area contributed by atoms with Crippen LogP contribution in [0, 0.1) is 18.8 Å². The molecule has 32 heavy (non-hydrogen) atoms. The fourth-order valence-electron chi connectivity index (χ4n) is 4.19. The number of aryl methyl sites for hydroxylation is 1. The van der Waals surface area contributed by atoms with E-state index in [9.17, 15) is 0 Å². The van der Waals surface area contributed by atoms with Crippen molar-refractivity contribution in [3.05, 3.63) is 36.0 Å². The van der Waals surface area contributed by atoms with Crippen molar-refractivity contribution in [3.8, 4) is 11.1 Å². The molecular weight excluding hydrogens is 396 g/mol. The molecule has 2 aliphatic rings. The molecule has 3 heterocycles. The number of hydrogen-bond donors (Lipinski definition) is 2. The number of nitrogens with zero attached hydrogens (tertiary/aromatic N) is 4. The molecule has 0 unspecified atom stereocenters. The van der Waals surface area contributed by atoms with Crippen LogP contribution >= 0.6 is 0 Å². The van der Waals surface area contributed by atoms with Gasteiger partial charge in [-0.2, -0.15) is 0 Å². The second-order valence-corrected chi connectivity index (χ2v) is 9.69. The van der Waals surface area contributed by atoms with Crippen molar-refractivity contribution < 1.29 is 0 Å². The Bertz CT molecular complexity index is 1020. The first-order valence-electron chi connectivity index (χ1n) is 12.2. The minimum atomic E-state index is 0.800. The average molecular weight is 435 g/mol. The summed E-state index contributed by atoms with van der Waals surface area (Å²) in [5.74, 6) is 2.69. The topological polar surface area (TPSA) is 69.7 Å². The van der Waals surface area contributed by atoms with Crippen molar-refractivity contribution in [2.45, 2.75) is 58.8 Å². The van der Waals surface area contributed by atoms with Crippen molar-refractivity contribution in [1.82, 2.24) is 24.8 Å². The lowest BCUT2D eigenvalue weighted by Gasteiger charge is -2.10. The molecule has 0 spiro atoms. The van der Waals surface area contributed by atoms with Crippen LogP contribution < -0.4 is 5.32 Å². The SMILES string of the molecule is CCCN(C)C.Cc1ncnc(CC2CC2)c1-c1c[nH]c2nc(NCCC3CC3)ccc12. The molecule has 2 N–H and O–H groups in total. The smallest absolute Gasteiger partial charge is 0.140 e. The molecule has 0 radical (unpaired) electrons. The van der Waals surface area contributed by atoms with E-state index >= 15 is 0 Å². The molecule has 3 aromatic heterocycles. The van der Waals surface area contributed by atoms with Crippen LogP contribution in [0.1, 0.15) is 56.8 Å². The largest absolute Gasteiger partial charge is 0.370 e. The van der Waals surface area contributed by atoms with Gasteiger partial charge in [0.05, 0.1) is 5.69 Å². The van der Waals surface area contributed by atoms with E-state index in [1.807, 2.05) is 0 Å². The Balaban J connectivity index is 0.000000363. The zero-order valence-electron chi connectivity index (χ0n) is 20.1. The summed E-state index contributed by atoms with van der Waals surface area (Å²) < 4.78 is 0. The number of hydrogen-bond acceptors (Lipinski definition) is 5. The van der Waals surface area contributed by atoms with Crippen LogP contribution in [0.3, 0.4) is 0 Å². The van der Waals surface area contributed by atoms with Gasteiger partial charge in [0.2, 0.25) is 0 Å². The summed E-state index contributed by atoms with van der Waals surface area (Å²) in [6, 6.07) is 4.26. The zero-order chi connectivity index (χ0) is 22.5. The molecule has 172 valence electrons. The van der Waals surface area contributed by atoms with Gasteiger partial charge in [-0.05, 0) is 83.6 Å². The molecule has 5 rings (SSSR count). The van der Waals surface area contributed by atoms with Gasteiger partial charge in [0.1, 0.15) is 17.8 Å². The maximum atomic E-state index is 4.76. The lowest BCUT2D eigenvalue weighted by molar-refractivity contribution is 0.408. The minimum absolute atomic E-state index is 0.800. The van der Waals surface area contributed by atoms with E-state index in [0.29, 0.717) is 0 Å². The Morgan fingerprint density at radius 1 is 1.09 bits per heavy atom. The third-order valence-electron chi connectivity index (χ3n) is 6.33. The number of aromatic nitrogens is 4. The second-order valence-electron chi connectivity index (χ2n) is 9.69. The third kappa shape index (κ3) is 6.06. The Kier molecular flexibility index (Phi) is 7.40. The quantitative estimate of drug-likeness (QED) is 0.469. The van der Waals surface area contributed by atoms with E-state index < -0.39 is 0 Å². The number of aromatic amines is 1. The van der Waals surface area contributed by atoms with Crippen LogP contribution in [0.4, 0.5) is 5.82 Å². The molecule has 2 fully saturated rings. The molecule has 0 saturated heterocycles. The minimum Gasteiger partial charge on any atom is -0.370 e. The summed E-state index contributed by atoms with van der Waals surface area (Å²) in [5.41, 5.74) is 5.50. The predicted octanol–water partition coefficient (Wildman–Crippen LogP) is 5.45. The van der Waals surface area contributed by atoms with E-state index in [4.69, 9.17) is 4.98 Å². The lowest BCUT2D eigenvalue weighted by atomic mass is 9.99. The summed E-state index contributed by atoms with van der Waals surface area (Å²) in [7, 11) is 4.17. The van der Waals surface area contributed by atoms with Crippen molar-refractivity contribution >= 4 is 16.9 Å². The summed E-state index contributed by atoms with van der Waals surface area (Å²) in [6.07, 6.45) is 12.8. The van der Waals surface area contributed by atoms with E-state index in [-0.39, 0.29) is 0 Å². The maximum Gasteiger partial charge on any atom is 0.140 e. The van der Waals surface area contributed by atoms with Gasteiger partial charge in [-0.25, -0.2) is 15.0 Å². The summed E-state index contributed by atoms with van der Waals surface area (Å²) in [4.78, 5) is 19.4. The third-order valence-corrected chi connectivity index (χ3v) is 6.33. The average Bonchev–Trinajstić information content (AvgIpc) is 3.69. The number of anilines is 1. The number of pyridine rings is 1. The van der Waals surface area contributed by atoms with Crippen LogP contribution in [0.5, 0.6) is 0 Å². The van der Waals surface area contributed by atoms with Gasteiger partial charge < -0.3 is 15.2 Å². The fourth-order valence-corrected chi connectivity index (χ4v) is 4.19. The number of fused-ring (bicyclic) bond motifs is 1. The first-order valence-corrected chi connectivity index (χ1v) is 12.2. The van der Waals surface area contributed by atoms with E-state index in [0.717, 1.165) is 47.3 Å². The van der Waals surface area contributed by atoms with E-state index in [1.165, 1.54) is 61.9 Å². The Labute approximate surface area is 192 Å². The molecule has 2 saturated carbocycles. The monoisotopic (exact) mass is 434 g/mol. The van der Waals surface area contributed by atoms with Crippen molar-refractivity contribution in [2.24, 2.45) is 11.8 Å². The fraction of sp³-hybridized carbons (Fsp3) is 0.577. The number of rotatable bonds is 9. The van der Waals surface area contributed by atoms with Gasteiger partial charge >= 0.3 is 0 Å². The Morgan fingerprint density at radius 3 is 2.53 bits per heavy atom. The highest BCUT2D eigenvalue weighted by Gasteiger charge is 2.25. The Morgan fingerprint density at radius 2 is 1.88 bits per heavy atom. The molecule has 6 nitrogen and oxygen atoms in total. The molecule has 0 amide bonds. The number of H-pyrrole nitrogens is 1. The lowest BCUT2D eigenvalue weighted by Crippen LogP contribution is -2.11. The second kappa shape index (κ2) is 10.4. The molecule has 2 aliphatic carbocycles. The first-order chi connectivity index (χ1) is 15.5. The Hall–Kier alpha value is -2.47. The molecule has 0 atom stereocenters. The summed E-state index contributed by atoms with van der Waals surface area (Å²) in [5, 5.41) is 4.60. The molecule has 0 aliphatic heterocycles. The van der Waals surface area contributed by atoms with Crippen molar-refractivity contribution in [1.29, 1.82) is 0 Å².